The zero-order valence-corrected chi connectivity index (χ0v) is 20.7. The Bertz CT molecular complexity index is 1120. The molecular weight excluding hydrogens is 458 g/mol. The van der Waals surface area contributed by atoms with E-state index in [1.807, 2.05) is 60.7 Å². The normalized spacial score (nSPS) is 21.0. The topological polar surface area (TPSA) is 117 Å². The summed E-state index contributed by atoms with van der Waals surface area (Å²) in [6, 6.07) is 17.6. The largest absolute Gasteiger partial charge is 0.374 e. The van der Waals surface area contributed by atoms with Gasteiger partial charge in [0.1, 0.15) is 11.5 Å². The Hall–Kier alpha value is -3.56. The molecule has 1 unspecified atom stereocenters. The van der Waals surface area contributed by atoms with Crippen LogP contribution in [-0.4, -0.2) is 72.2 Å². The lowest BCUT2D eigenvalue weighted by atomic mass is 9.73. The van der Waals surface area contributed by atoms with E-state index in [9.17, 15) is 14.4 Å². The first-order valence-electron chi connectivity index (χ1n) is 12.2. The number of carbonyl (C=O) groups excluding carboxylic acids is 3. The van der Waals surface area contributed by atoms with Gasteiger partial charge in [-0.05, 0) is 24.5 Å². The Morgan fingerprint density at radius 3 is 2.39 bits per heavy atom. The van der Waals surface area contributed by atoms with E-state index in [-0.39, 0.29) is 25.0 Å². The van der Waals surface area contributed by atoms with Gasteiger partial charge in [0, 0.05) is 26.6 Å². The summed E-state index contributed by atoms with van der Waals surface area (Å²) in [4.78, 5) is 41.1. The van der Waals surface area contributed by atoms with Crippen LogP contribution in [0.5, 0.6) is 0 Å². The molecule has 3 amide bonds. The predicted molar refractivity (Wildman–Crippen MR) is 136 cm³/mol. The van der Waals surface area contributed by atoms with Gasteiger partial charge >= 0.3 is 0 Å². The molecular formula is C27H33N5O4. The second-order valence-corrected chi connectivity index (χ2v) is 9.48. The zero-order chi connectivity index (χ0) is 25.7. The molecule has 4 rings (SSSR count). The molecule has 36 heavy (non-hydrogen) atoms. The van der Waals surface area contributed by atoms with Crippen molar-refractivity contribution in [3.05, 3.63) is 71.8 Å². The summed E-state index contributed by atoms with van der Waals surface area (Å²) < 4.78 is 5.82. The average molecular weight is 492 g/mol. The van der Waals surface area contributed by atoms with Crippen LogP contribution in [0, 0.1) is 5.41 Å². The van der Waals surface area contributed by atoms with Crippen molar-refractivity contribution in [2.75, 3.05) is 26.7 Å². The number of benzene rings is 2. The number of hydrogen-bond donors (Lipinski definition) is 2. The minimum Gasteiger partial charge on any atom is -0.374 e. The van der Waals surface area contributed by atoms with Gasteiger partial charge in [-0.2, -0.15) is 5.10 Å². The third-order valence-corrected chi connectivity index (χ3v) is 6.69. The van der Waals surface area contributed by atoms with Crippen molar-refractivity contribution in [3.63, 3.8) is 0 Å². The molecule has 0 spiro atoms. The van der Waals surface area contributed by atoms with E-state index in [1.54, 1.807) is 18.9 Å². The summed E-state index contributed by atoms with van der Waals surface area (Å²) in [5.41, 5.74) is 7.57. The lowest BCUT2D eigenvalue weighted by Gasteiger charge is -2.40. The number of hydrogen-bond acceptors (Lipinski definition) is 6. The van der Waals surface area contributed by atoms with Gasteiger partial charge in [-0.3, -0.25) is 14.4 Å². The Morgan fingerprint density at radius 1 is 1.11 bits per heavy atom. The number of fused-ring (bicyclic) bond motifs is 1. The summed E-state index contributed by atoms with van der Waals surface area (Å²) in [6.45, 7) is 2.44. The molecule has 9 nitrogen and oxygen atoms in total. The van der Waals surface area contributed by atoms with Crippen molar-refractivity contribution in [2.24, 2.45) is 16.3 Å². The van der Waals surface area contributed by atoms with Crippen LogP contribution < -0.4 is 11.1 Å². The number of nitrogens with two attached hydrogens (primary N) is 1. The van der Waals surface area contributed by atoms with Crippen molar-refractivity contribution < 1.29 is 19.1 Å². The molecule has 2 heterocycles. The summed E-state index contributed by atoms with van der Waals surface area (Å²) in [5.74, 6) is -0.868. The first kappa shape index (κ1) is 25.5. The summed E-state index contributed by atoms with van der Waals surface area (Å²) in [7, 11) is 1.65. The van der Waals surface area contributed by atoms with E-state index in [4.69, 9.17) is 10.5 Å². The van der Waals surface area contributed by atoms with Crippen LogP contribution in [0.2, 0.25) is 0 Å². The van der Waals surface area contributed by atoms with Gasteiger partial charge in [0.05, 0.1) is 25.0 Å². The quantitative estimate of drug-likeness (QED) is 0.549. The van der Waals surface area contributed by atoms with Gasteiger partial charge < -0.3 is 20.7 Å². The van der Waals surface area contributed by atoms with Gasteiger partial charge in [-0.15, -0.1) is 0 Å². The number of hydrazone groups is 1. The number of carbonyl (C=O) groups is 3. The SMILES string of the molecule is CC(N)C(=O)N[C@H](COCc1ccccc1)C(=O)N1CCC2=NN(C)C(=O)[C@@]2(Cc2ccccc2)C1. The Kier molecular flexibility index (Phi) is 7.81. The van der Waals surface area contributed by atoms with E-state index < -0.39 is 23.4 Å². The van der Waals surface area contributed by atoms with Crippen molar-refractivity contribution in [3.8, 4) is 0 Å². The molecule has 3 N–H and O–H groups in total. The van der Waals surface area contributed by atoms with Crippen LogP contribution in [0.1, 0.15) is 24.5 Å². The van der Waals surface area contributed by atoms with Gasteiger partial charge in [0.25, 0.3) is 5.91 Å². The highest BCUT2D eigenvalue weighted by Crippen LogP contribution is 2.38. The third kappa shape index (κ3) is 5.47. The fourth-order valence-electron chi connectivity index (χ4n) is 4.78. The van der Waals surface area contributed by atoms with E-state index in [1.165, 1.54) is 5.01 Å². The maximum absolute atomic E-state index is 13.7. The molecule has 2 aliphatic rings. The van der Waals surface area contributed by atoms with E-state index in [2.05, 4.69) is 10.4 Å². The van der Waals surface area contributed by atoms with Gasteiger partial charge in [-0.25, -0.2) is 5.01 Å². The molecule has 190 valence electrons. The standard InChI is InChI=1S/C27H33N5O4/c1-19(28)24(33)29-22(17-36-16-21-11-7-4-8-12-21)25(34)32-14-13-23-27(18-32,26(35)31(2)30-23)15-20-9-5-3-6-10-20/h3-12,19,22H,13-18,28H2,1-2H3,(H,29,33)/t19?,22-,27+/m1/s1. The molecule has 0 radical (unpaired) electrons. The molecule has 2 aromatic carbocycles. The minimum absolute atomic E-state index is 0.0107. The fourth-order valence-corrected chi connectivity index (χ4v) is 4.78. The lowest BCUT2D eigenvalue weighted by molar-refractivity contribution is -0.143. The zero-order valence-electron chi connectivity index (χ0n) is 20.7. The molecule has 1 fully saturated rings. The molecule has 1 saturated heterocycles. The molecule has 0 saturated carbocycles. The number of piperidine rings is 1. The summed E-state index contributed by atoms with van der Waals surface area (Å²) in [6.07, 6.45) is 0.925. The Balaban J connectivity index is 1.53. The van der Waals surface area contributed by atoms with Crippen LogP contribution in [-0.2, 0) is 32.1 Å². The molecule has 0 aliphatic carbocycles. The lowest BCUT2D eigenvalue weighted by Crippen LogP contribution is -2.60. The van der Waals surface area contributed by atoms with Crippen LogP contribution in [0.4, 0.5) is 0 Å². The third-order valence-electron chi connectivity index (χ3n) is 6.69. The Labute approximate surface area is 211 Å². The van der Waals surface area contributed by atoms with Gasteiger partial charge in [0.15, 0.2) is 0 Å². The number of rotatable bonds is 9. The van der Waals surface area contributed by atoms with Crippen molar-refractivity contribution in [2.45, 2.75) is 38.5 Å². The van der Waals surface area contributed by atoms with Gasteiger partial charge in [-0.1, -0.05) is 60.7 Å². The van der Waals surface area contributed by atoms with Crippen molar-refractivity contribution in [1.29, 1.82) is 0 Å². The number of ether oxygens (including phenoxy) is 1. The van der Waals surface area contributed by atoms with Gasteiger partial charge in [0.2, 0.25) is 11.8 Å². The van der Waals surface area contributed by atoms with Crippen LogP contribution >= 0.6 is 0 Å². The minimum atomic E-state index is -0.926. The molecule has 3 atom stereocenters. The van der Waals surface area contributed by atoms with Crippen LogP contribution in [0.15, 0.2) is 65.8 Å². The highest BCUT2D eigenvalue weighted by atomic mass is 16.5. The predicted octanol–water partition coefficient (Wildman–Crippen LogP) is 1.32. The number of likely N-dealkylation sites (tertiary alicyclic amines) is 1. The fraction of sp³-hybridized carbons (Fsp3) is 0.407. The number of nitrogens with one attached hydrogen (secondary N) is 1. The van der Waals surface area contributed by atoms with Crippen LogP contribution in [0.25, 0.3) is 0 Å². The second-order valence-electron chi connectivity index (χ2n) is 9.48. The van der Waals surface area contributed by atoms with E-state index in [0.29, 0.717) is 26.0 Å². The van der Waals surface area contributed by atoms with E-state index >= 15 is 0 Å². The summed E-state index contributed by atoms with van der Waals surface area (Å²) >= 11 is 0. The molecule has 9 heteroatoms. The second kappa shape index (κ2) is 11.0. The monoisotopic (exact) mass is 491 g/mol. The van der Waals surface area contributed by atoms with Crippen molar-refractivity contribution in [1.82, 2.24) is 15.2 Å². The maximum atomic E-state index is 13.7. The average Bonchev–Trinajstić information content (AvgIpc) is 3.13. The smallest absolute Gasteiger partial charge is 0.256 e. The molecule has 2 aliphatic heterocycles. The summed E-state index contributed by atoms with van der Waals surface area (Å²) in [5, 5.41) is 8.62. The number of amides is 3. The first-order valence-corrected chi connectivity index (χ1v) is 12.2. The molecule has 0 bridgehead atoms. The van der Waals surface area contributed by atoms with Crippen molar-refractivity contribution >= 4 is 23.4 Å². The highest BCUT2D eigenvalue weighted by molar-refractivity contribution is 6.13. The first-order chi connectivity index (χ1) is 17.3. The van der Waals surface area contributed by atoms with Crippen LogP contribution in [0.3, 0.4) is 0 Å². The highest BCUT2D eigenvalue weighted by Gasteiger charge is 2.53. The molecule has 0 aromatic heterocycles. The molecule has 2 aromatic rings. The number of nitrogens with zero attached hydrogens (tertiary/aromatic N) is 3. The Morgan fingerprint density at radius 2 is 1.75 bits per heavy atom. The van der Waals surface area contributed by atoms with E-state index in [0.717, 1.165) is 16.8 Å². The maximum Gasteiger partial charge on any atom is 0.256 e.